The van der Waals surface area contributed by atoms with Gasteiger partial charge in [-0.05, 0) is 43.3 Å². The Hall–Kier alpha value is -5.25. The van der Waals surface area contributed by atoms with E-state index < -0.39 is 53.0 Å². The fourth-order valence-corrected chi connectivity index (χ4v) is 4.71. The van der Waals surface area contributed by atoms with Gasteiger partial charge in [0, 0.05) is 23.5 Å². The van der Waals surface area contributed by atoms with Crippen molar-refractivity contribution in [1.29, 1.82) is 0 Å². The van der Waals surface area contributed by atoms with Crippen molar-refractivity contribution in [3.63, 3.8) is 0 Å². The summed E-state index contributed by atoms with van der Waals surface area (Å²) in [5.41, 5.74) is 4.04. The van der Waals surface area contributed by atoms with Crippen LogP contribution in [0.3, 0.4) is 0 Å². The number of nitrogens with two attached hydrogens (primary N) is 2. The molecule has 0 saturated carbocycles. The molecule has 0 fully saturated rings. The molecule has 0 saturated heterocycles. The van der Waals surface area contributed by atoms with Crippen LogP contribution in [0, 0.1) is 5.82 Å². The molecule has 0 bridgehead atoms. The molecule has 3 aromatic heterocycles. The van der Waals surface area contributed by atoms with Crippen LogP contribution in [0.25, 0.3) is 16.9 Å². The van der Waals surface area contributed by atoms with Gasteiger partial charge in [-0.2, -0.15) is 13.2 Å². The van der Waals surface area contributed by atoms with Crippen LogP contribution in [0.4, 0.5) is 17.6 Å². The van der Waals surface area contributed by atoms with E-state index in [1.54, 1.807) is 0 Å². The summed E-state index contributed by atoms with van der Waals surface area (Å²) in [5.74, 6) is -3.53. The topological polar surface area (TPSA) is 184 Å². The molecule has 3 amide bonds. The summed E-state index contributed by atoms with van der Waals surface area (Å²) in [6.45, 7) is -0.389. The Bertz CT molecular complexity index is 1830. The van der Waals surface area contributed by atoms with Gasteiger partial charge in [-0.3, -0.25) is 14.4 Å². The van der Waals surface area contributed by atoms with Crippen LogP contribution in [0.15, 0.2) is 48.8 Å². The number of hydrogen-bond donors (Lipinski definition) is 4. The number of halogens is 4. The predicted molar refractivity (Wildman–Crippen MR) is 144 cm³/mol. The van der Waals surface area contributed by atoms with Crippen LogP contribution in [0.5, 0.6) is 11.5 Å². The smallest absolute Gasteiger partial charge is 0.424 e. The lowest BCUT2D eigenvalue weighted by molar-refractivity contribution is -0.265. The number of carbonyl (C=O) groups is 3. The number of pyridine rings is 2. The SMILES string of the molecule is COc1cc(C(=O)NC[C@](O)(c2cc3c(c(-c4ccc(F)cc4)n2)OC[C@]3(C)C(N)=O)C(F)(F)F)cn2cc(C(N)=O)nc12. The first-order valence-electron chi connectivity index (χ1n) is 12.8. The van der Waals surface area contributed by atoms with Gasteiger partial charge >= 0.3 is 6.18 Å². The maximum atomic E-state index is 14.6. The second-order valence-electron chi connectivity index (χ2n) is 10.3. The molecule has 12 nitrogen and oxygen atoms in total. The third kappa shape index (κ3) is 4.92. The van der Waals surface area contributed by atoms with Gasteiger partial charge in [0.05, 0.1) is 24.9 Å². The number of fused-ring (bicyclic) bond motifs is 2. The number of alkyl halides is 3. The Kier molecular flexibility index (Phi) is 7.20. The van der Waals surface area contributed by atoms with Gasteiger partial charge in [-0.1, -0.05) is 0 Å². The molecule has 230 valence electrons. The van der Waals surface area contributed by atoms with Gasteiger partial charge in [0.2, 0.25) is 11.5 Å². The highest BCUT2D eigenvalue weighted by Crippen LogP contribution is 2.47. The monoisotopic (exact) mass is 616 g/mol. The van der Waals surface area contributed by atoms with E-state index in [1.807, 2.05) is 0 Å². The third-order valence-corrected chi connectivity index (χ3v) is 7.38. The zero-order chi connectivity index (χ0) is 32.2. The van der Waals surface area contributed by atoms with Crippen LogP contribution < -0.4 is 26.3 Å². The number of ether oxygens (including phenoxy) is 2. The Labute approximate surface area is 245 Å². The Morgan fingerprint density at radius 3 is 2.41 bits per heavy atom. The molecule has 0 aliphatic carbocycles. The molecule has 1 aliphatic rings. The highest BCUT2D eigenvalue weighted by molar-refractivity contribution is 5.96. The minimum Gasteiger partial charge on any atom is -0.493 e. The molecule has 0 spiro atoms. The van der Waals surface area contributed by atoms with Crippen LogP contribution in [-0.4, -0.2) is 63.6 Å². The first-order valence-corrected chi connectivity index (χ1v) is 12.8. The molecule has 0 unspecified atom stereocenters. The summed E-state index contributed by atoms with van der Waals surface area (Å²) in [6, 6.07) is 6.60. The van der Waals surface area contributed by atoms with Crippen molar-refractivity contribution < 1.29 is 46.5 Å². The molecule has 0 radical (unpaired) electrons. The lowest BCUT2D eigenvalue weighted by atomic mass is 9.81. The molecular formula is C28H24F4N6O6. The quantitative estimate of drug-likeness (QED) is 0.217. The maximum Gasteiger partial charge on any atom is 0.424 e. The van der Waals surface area contributed by atoms with Gasteiger partial charge in [-0.25, -0.2) is 14.4 Å². The number of nitrogens with one attached hydrogen (secondary N) is 1. The summed E-state index contributed by atoms with van der Waals surface area (Å²) in [7, 11) is 1.25. The number of amides is 3. The van der Waals surface area contributed by atoms with Gasteiger partial charge in [-0.15, -0.1) is 0 Å². The van der Waals surface area contributed by atoms with Crippen LogP contribution in [-0.2, 0) is 15.8 Å². The highest BCUT2D eigenvalue weighted by Gasteiger charge is 2.57. The van der Waals surface area contributed by atoms with Crippen LogP contribution >= 0.6 is 0 Å². The maximum absolute atomic E-state index is 14.6. The van der Waals surface area contributed by atoms with Crippen molar-refractivity contribution in [3.05, 3.63) is 77.1 Å². The number of imidazole rings is 1. The number of hydrogen-bond acceptors (Lipinski definition) is 8. The molecule has 1 aromatic carbocycles. The van der Waals surface area contributed by atoms with Crippen LogP contribution in [0.2, 0.25) is 0 Å². The number of aromatic nitrogens is 3. The number of rotatable bonds is 8. The number of nitrogens with zero attached hydrogens (tertiary/aromatic N) is 3. The van der Waals surface area contributed by atoms with E-state index in [0.29, 0.717) is 0 Å². The molecule has 4 heterocycles. The summed E-state index contributed by atoms with van der Waals surface area (Å²) in [4.78, 5) is 45.1. The Morgan fingerprint density at radius 2 is 1.82 bits per heavy atom. The average molecular weight is 617 g/mol. The van der Waals surface area contributed by atoms with Crippen molar-refractivity contribution in [2.24, 2.45) is 11.5 Å². The van der Waals surface area contributed by atoms with E-state index in [2.05, 4.69) is 15.3 Å². The van der Waals surface area contributed by atoms with E-state index in [1.165, 1.54) is 49.0 Å². The van der Waals surface area contributed by atoms with Gasteiger partial charge in [0.25, 0.3) is 11.8 Å². The highest BCUT2D eigenvalue weighted by atomic mass is 19.4. The Balaban J connectivity index is 1.58. The molecule has 44 heavy (non-hydrogen) atoms. The summed E-state index contributed by atoms with van der Waals surface area (Å²) in [5, 5.41) is 13.3. The number of methoxy groups -OCH3 is 1. The lowest BCUT2D eigenvalue weighted by Gasteiger charge is -2.31. The zero-order valence-corrected chi connectivity index (χ0v) is 23.0. The molecule has 5 rings (SSSR count). The molecule has 1 aliphatic heterocycles. The van der Waals surface area contributed by atoms with Crippen molar-refractivity contribution in [3.8, 4) is 22.8 Å². The molecule has 16 heteroatoms. The Morgan fingerprint density at radius 1 is 1.14 bits per heavy atom. The summed E-state index contributed by atoms with van der Waals surface area (Å²) < 4.78 is 69.6. The number of aliphatic hydroxyl groups is 1. The van der Waals surface area contributed by atoms with Crippen LogP contribution in [0.1, 0.15) is 39.0 Å². The standard InChI is InChI=1S/C28H24F4N6O6/c1-26(25(34)41)12-44-21-16(26)8-19(37-20(21)13-3-5-15(29)6-4-13)27(42,28(30,31)32)11-35-24(40)14-7-18(43-2)23-36-17(22(33)39)10-38(23)9-14/h3-10,42H,11-12H2,1-2H3,(H2,33,39)(H2,34,41)(H,35,40)/t26-,27-/m0/s1. The summed E-state index contributed by atoms with van der Waals surface area (Å²) >= 11 is 0. The predicted octanol–water partition coefficient (Wildman–Crippen LogP) is 1.96. The fourth-order valence-electron chi connectivity index (χ4n) is 4.71. The molecule has 2 atom stereocenters. The number of primary amides is 2. The summed E-state index contributed by atoms with van der Waals surface area (Å²) in [6.07, 6.45) is -3.03. The average Bonchev–Trinajstić information content (AvgIpc) is 3.57. The van der Waals surface area contributed by atoms with Gasteiger partial charge < -0.3 is 35.8 Å². The van der Waals surface area contributed by atoms with Crippen molar-refractivity contribution in [2.45, 2.75) is 24.1 Å². The normalized spacial score (nSPS) is 17.4. The lowest BCUT2D eigenvalue weighted by Crippen LogP contribution is -2.51. The van der Waals surface area contributed by atoms with E-state index in [0.717, 1.165) is 18.2 Å². The van der Waals surface area contributed by atoms with Gasteiger partial charge in [0.1, 0.15) is 35.0 Å². The second-order valence-corrected chi connectivity index (χ2v) is 10.3. The van der Waals surface area contributed by atoms with Gasteiger partial charge in [0.15, 0.2) is 11.4 Å². The van der Waals surface area contributed by atoms with E-state index in [9.17, 15) is 37.1 Å². The molecule has 4 aromatic rings. The molecular weight excluding hydrogens is 592 g/mol. The minimum absolute atomic E-state index is 0.00574. The first kappa shape index (κ1) is 30.2. The van der Waals surface area contributed by atoms with Crippen molar-refractivity contribution >= 4 is 23.4 Å². The van der Waals surface area contributed by atoms with Crippen molar-refractivity contribution in [2.75, 3.05) is 20.3 Å². The number of carbonyl (C=O) groups excluding carboxylic acids is 3. The third-order valence-electron chi connectivity index (χ3n) is 7.38. The zero-order valence-electron chi connectivity index (χ0n) is 23.0. The molecule has 6 N–H and O–H groups in total. The second kappa shape index (κ2) is 10.5. The largest absolute Gasteiger partial charge is 0.493 e. The number of benzene rings is 1. The van der Waals surface area contributed by atoms with Crippen molar-refractivity contribution in [1.82, 2.24) is 19.7 Å². The van der Waals surface area contributed by atoms with E-state index >= 15 is 0 Å². The minimum atomic E-state index is -5.41. The van der Waals surface area contributed by atoms with E-state index in [4.69, 9.17) is 20.9 Å². The van der Waals surface area contributed by atoms with E-state index in [-0.39, 0.29) is 51.8 Å². The first-order chi connectivity index (χ1) is 20.6. The fraction of sp³-hybridized carbons (Fsp3) is 0.250.